The Kier molecular flexibility index (Phi) is 6.00. The summed E-state index contributed by atoms with van der Waals surface area (Å²) in [6.45, 7) is 0.549. The summed E-state index contributed by atoms with van der Waals surface area (Å²) in [5.41, 5.74) is 0.912. The molecule has 140 valence electrons. The molecule has 1 N–H and O–H groups in total. The van der Waals surface area contributed by atoms with Crippen LogP contribution in [0.4, 0.5) is 4.39 Å². The van der Waals surface area contributed by atoms with Crippen molar-refractivity contribution in [2.75, 3.05) is 12.4 Å². The van der Waals surface area contributed by atoms with Gasteiger partial charge in [-0.3, -0.25) is 4.79 Å². The van der Waals surface area contributed by atoms with Crippen molar-refractivity contribution in [3.63, 3.8) is 0 Å². The summed E-state index contributed by atoms with van der Waals surface area (Å²) in [7, 11) is -3.78. The molecular formula is C17H19FN2O4S2. The van der Waals surface area contributed by atoms with E-state index in [0.717, 1.165) is 18.4 Å². The van der Waals surface area contributed by atoms with Crippen molar-refractivity contribution in [2.24, 2.45) is 0 Å². The molecule has 6 nitrogen and oxygen atoms in total. The molecule has 2 aromatic rings. The van der Waals surface area contributed by atoms with Gasteiger partial charge in [0, 0.05) is 18.4 Å². The smallest absolute Gasteiger partial charge is 0.284 e. The third kappa shape index (κ3) is 5.33. The lowest BCUT2D eigenvalue weighted by Crippen LogP contribution is -2.38. The van der Waals surface area contributed by atoms with Crippen molar-refractivity contribution in [3.8, 4) is 0 Å². The summed E-state index contributed by atoms with van der Waals surface area (Å²) < 4.78 is 44.7. The van der Waals surface area contributed by atoms with Gasteiger partial charge in [0.05, 0.1) is 16.9 Å². The van der Waals surface area contributed by atoms with Crippen molar-refractivity contribution in [1.29, 1.82) is 0 Å². The monoisotopic (exact) mass is 398 g/mol. The highest BCUT2D eigenvalue weighted by molar-refractivity contribution is 7.90. The van der Waals surface area contributed by atoms with Crippen LogP contribution in [-0.2, 0) is 21.2 Å². The van der Waals surface area contributed by atoms with Crippen LogP contribution in [0.25, 0.3) is 0 Å². The molecule has 1 amide bonds. The largest absolute Gasteiger partial charge is 0.377 e. The molecule has 1 atom stereocenters. The van der Waals surface area contributed by atoms with Crippen LogP contribution in [0.15, 0.2) is 29.6 Å². The minimum Gasteiger partial charge on any atom is -0.377 e. The van der Waals surface area contributed by atoms with E-state index >= 15 is 0 Å². The topological polar surface area (TPSA) is 85.4 Å². The number of sulfonamides is 1. The van der Waals surface area contributed by atoms with Crippen LogP contribution in [0.2, 0.25) is 0 Å². The fourth-order valence-electron chi connectivity index (χ4n) is 2.69. The maximum absolute atomic E-state index is 12.9. The Hall–Kier alpha value is -1.84. The number of halogens is 1. The minimum atomic E-state index is -3.78. The first-order valence-corrected chi connectivity index (χ1v) is 10.8. The molecule has 1 saturated heterocycles. The van der Waals surface area contributed by atoms with Gasteiger partial charge in [-0.15, -0.1) is 11.3 Å². The number of carbonyl (C=O) groups is 1. The SMILES string of the molecule is O=C(NS(=O)(=O)C[C@H]1CCCCO1)c1csc(Cc2ccc(F)cc2)n1. The van der Waals surface area contributed by atoms with Crippen LogP contribution in [0.5, 0.6) is 0 Å². The second kappa shape index (κ2) is 8.24. The van der Waals surface area contributed by atoms with Crippen LogP contribution in [-0.4, -0.2) is 37.8 Å². The Balaban J connectivity index is 1.59. The Morgan fingerprint density at radius 3 is 2.77 bits per heavy atom. The molecule has 0 spiro atoms. The average Bonchev–Trinajstić information content (AvgIpc) is 3.06. The van der Waals surface area contributed by atoms with Gasteiger partial charge in [-0.2, -0.15) is 0 Å². The van der Waals surface area contributed by atoms with Crippen molar-refractivity contribution in [1.82, 2.24) is 9.71 Å². The second-order valence-corrected chi connectivity index (χ2v) is 8.84. The zero-order valence-electron chi connectivity index (χ0n) is 14.0. The van der Waals surface area contributed by atoms with E-state index in [9.17, 15) is 17.6 Å². The molecule has 0 unspecified atom stereocenters. The fraction of sp³-hybridized carbons (Fsp3) is 0.412. The molecule has 1 aliphatic rings. The second-order valence-electron chi connectivity index (χ2n) is 6.13. The van der Waals surface area contributed by atoms with E-state index in [1.807, 2.05) is 0 Å². The first-order chi connectivity index (χ1) is 12.4. The van der Waals surface area contributed by atoms with E-state index in [1.54, 1.807) is 12.1 Å². The lowest BCUT2D eigenvalue weighted by Gasteiger charge is -2.22. The summed E-state index contributed by atoms with van der Waals surface area (Å²) >= 11 is 1.25. The standard InChI is InChI=1S/C17H19FN2O4S2/c18-13-6-4-12(5-7-13)9-16-19-15(10-25-16)17(21)20-26(22,23)11-14-3-1-2-8-24-14/h4-7,10,14H,1-3,8-9,11H2,(H,20,21)/t14-/m1/s1. The van der Waals surface area contributed by atoms with Crippen LogP contribution in [0.1, 0.15) is 40.3 Å². The molecule has 1 aromatic heterocycles. The number of amides is 1. The quantitative estimate of drug-likeness (QED) is 0.808. The highest BCUT2D eigenvalue weighted by atomic mass is 32.2. The van der Waals surface area contributed by atoms with E-state index < -0.39 is 15.9 Å². The third-order valence-corrected chi connectivity index (χ3v) is 6.14. The molecule has 2 heterocycles. The summed E-state index contributed by atoms with van der Waals surface area (Å²) in [6, 6.07) is 6.00. The molecule has 9 heteroatoms. The van der Waals surface area contributed by atoms with Gasteiger partial charge in [0.2, 0.25) is 10.0 Å². The number of thiazole rings is 1. The zero-order chi connectivity index (χ0) is 18.6. The number of nitrogens with zero attached hydrogens (tertiary/aromatic N) is 1. The van der Waals surface area contributed by atoms with Gasteiger partial charge in [-0.05, 0) is 37.0 Å². The van der Waals surface area contributed by atoms with Gasteiger partial charge >= 0.3 is 0 Å². The lowest BCUT2D eigenvalue weighted by atomic mass is 10.1. The number of carbonyl (C=O) groups excluding carboxylic acids is 1. The van der Waals surface area contributed by atoms with Crippen LogP contribution >= 0.6 is 11.3 Å². The summed E-state index contributed by atoms with van der Waals surface area (Å²) in [4.78, 5) is 16.4. The predicted octanol–water partition coefficient (Wildman–Crippen LogP) is 2.50. The molecule has 0 saturated carbocycles. The van der Waals surface area contributed by atoms with E-state index in [1.165, 1.54) is 28.8 Å². The highest BCUT2D eigenvalue weighted by Gasteiger charge is 2.25. The third-order valence-electron chi connectivity index (χ3n) is 3.98. The zero-order valence-corrected chi connectivity index (χ0v) is 15.6. The van der Waals surface area contributed by atoms with Gasteiger partial charge in [-0.25, -0.2) is 22.5 Å². The van der Waals surface area contributed by atoms with Gasteiger partial charge in [0.25, 0.3) is 5.91 Å². The van der Waals surface area contributed by atoms with Crippen molar-refractivity contribution >= 4 is 27.3 Å². The number of nitrogens with one attached hydrogen (secondary N) is 1. The minimum absolute atomic E-state index is 0.0558. The first-order valence-electron chi connectivity index (χ1n) is 8.26. The Morgan fingerprint density at radius 2 is 2.08 bits per heavy atom. The van der Waals surface area contributed by atoms with Crippen molar-refractivity contribution < 1.29 is 22.3 Å². The molecule has 0 bridgehead atoms. The first kappa shape index (κ1) is 18.9. The average molecular weight is 398 g/mol. The van der Waals surface area contributed by atoms with Crippen LogP contribution in [0, 0.1) is 5.82 Å². The Bertz CT molecular complexity index is 859. The number of hydrogen-bond acceptors (Lipinski definition) is 6. The molecule has 1 aromatic carbocycles. The molecule has 1 fully saturated rings. The molecular weight excluding hydrogens is 379 g/mol. The van der Waals surface area contributed by atoms with Crippen molar-refractivity contribution in [2.45, 2.75) is 31.8 Å². The summed E-state index contributed by atoms with van der Waals surface area (Å²) in [5.74, 6) is -1.30. The van der Waals surface area contributed by atoms with Gasteiger partial charge in [-0.1, -0.05) is 12.1 Å². The maximum Gasteiger partial charge on any atom is 0.284 e. The number of hydrogen-bond donors (Lipinski definition) is 1. The van der Waals surface area contributed by atoms with Gasteiger partial charge in [0.1, 0.15) is 11.5 Å². The van der Waals surface area contributed by atoms with E-state index in [4.69, 9.17) is 4.74 Å². The van der Waals surface area contributed by atoms with Gasteiger partial charge in [0.15, 0.2) is 0 Å². The van der Waals surface area contributed by atoms with Crippen molar-refractivity contribution in [3.05, 3.63) is 51.7 Å². The molecule has 0 radical (unpaired) electrons. The molecule has 1 aliphatic heterocycles. The molecule has 26 heavy (non-hydrogen) atoms. The normalized spacial score (nSPS) is 17.8. The highest BCUT2D eigenvalue weighted by Crippen LogP contribution is 2.17. The molecule has 3 rings (SSSR count). The van der Waals surface area contributed by atoms with Crippen LogP contribution in [0.3, 0.4) is 0 Å². The van der Waals surface area contributed by atoms with E-state index in [2.05, 4.69) is 9.71 Å². The maximum atomic E-state index is 12.9. The fourth-order valence-corrected chi connectivity index (χ4v) is 4.72. The Morgan fingerprint density at radius 1 is 1.31 bits per heavy atom. The summed E-state index contributed by atoms with van der Waals surface area (Å²) in [5, 5.41) is 2.16. The number of benzene rings is 1. The Labute approximate surface area is 155 Å². The number of rotatable bonds is 6. The van der Waals surface area contributed by atoms with Crippen LogP contribution < -0.4 is 4.72 Å². The van der Waals surface area contributed by atoms with E-state index in [0.29, 0.717) is 24.5 Å². The lowest BCUT2D eigenvalue weighted by molar-refractivity contribution is 0.0304. The predicted molar refractivity (Wildman–Crippen MR) is 96.2 cm³/mol. The molecule has 0 aliphatic carbocycles. The summed E-state index contributed by atoms with van der Waals surface area (Å²) in [6.07, 6.45) is 2.60. The number of ether oxygens (including phenoxy) is 1. The van der Waals surface area contributed by atoms with E-state index in [-0.39, 0.29) is 23.4 Å². The number of aromatic nitrogens is 1. The van der Waals surface area contributed by atoms with Gasteiger partial charge < -0.3 is 4.74 Å².